The highest BCUT2D eigenvalue weighted by Gasteiger charge is 2.33. The van der Waals surface area contributed by atoms with Gasteiger partial charge in [-0.1, -0.05) is 0 Å². The summed E-state index contributed by atoms with van der Waals surface area (Å²) in [6.45, 7) is 2.69. The fourth-order valence-electron chi connectivity index (χ4n) is 2.54. The Bertz CT molecular complexity index is 775. The monoisotopic (exact) mass is 386 g/mol. The van der Waals surface area contributed by atoms with Gasteiger partial charge in [0.05, 0.1) is 19.8 Å². The molecule has 1 aliphatic heterocycles. The van der Waals surface area contributed by atoms with Crippen molar-refractivity contribution < 1.29 is 22.7 Å². The van der Waals surface area contributed by atoms with Crippen LogP contribution < -0.4 is 4.90 Å². The molecule has 3 rings (SSSR count). The summed E-state index contributed by atoms with van der Waals surface area (Å²) in [4.78, 5) is 23.6. The standard InChI is InChI=1S/C16H17F3N4O2S/c1-22(9-14-21-13(10-26-14)16(17,18)19)15(24)12-8-11(2-3-20-12)23-4-6-25-7-5-23/h2-3,8,10H,4-7,9H2,1H3. The largest absolute Gasteiger partial charge is 0.434 e. The molecule has 140 valence electrons. The van der Waals surface area contributed by atoms with Crippen molar-refractivity contribution in [3.05, 3.63) is 40.1 Å². The average Bonchev–Trinajstić information content (AvgIpc) is 3.11. The van der Waals surface area contributed by atoms with Gasteiger partial charge >= 0.3 is 6.18 Å². The van der Waals surface area contributed by atoms with Crippen LogP contribution in [0.5, 0.6) is 0 Å². The Morgan fingerprint density at radius 1 is 1.38 bits per heavy atom. The van der Waals surface area contributed by atoms with Crippen LogP contribution in [0.4, 0.5) is 18.9 Å². The Morgan fingerprint density at radius 3 is 2.77 bits per heavy atom. The van der Waals surface area contributed by atoms with Crippen LogP contribution in [0, 0.1) is 0 Å². The number of nitrogens with zero attached hydrogens (tertiary/aromatic N) is 4. The van der Waals surface area contributed by atoms with Crippen LogP contribution in [0.15, 0.2) is 23.7 Å². The minimum atomic E-state index is -4.48. The Morgan fingerprint density at radius 2 is 2.12 bits per heavy atom. The van der Waals surface area contributed by atoms with E-state index in [1.165, 1.54) is 11.9 Å². The van der Waals surface area contributed by atoms with Crippen LogP contribution in [-0.2, 0) is 17.5 Å². The van der Waals surface area contributed by atoms with Crippen LogP contribution in [0.1, 0.15) is 21.2 Å². The lowest BCUT2D eigenvalue weighted by Gasteiger charge is -2.29. The molecular weight excluding hydrogens is 369 g/mol. The number of pyridine rings is 1. The lowest BCUT2D eigenvalue weighted by Crippen LogP contribution is -2.36. The molecule has 10 heteroatoms. The molecule has 2 aromatic rings. The van der Waals surface area contributed by atoms with E-state index in [1.807, 2.05) is 6.07 Å². The topological polar surface area (TPSA) is 58.6 Å². The molecule has 0 bridgehead atoms. The third-order valence-electron chi connectivity index (χ3n) is 3.90. The molecule has 1 fully saturated rings. The number of hydrogen-bond donors (Lipinski definition) is 0. The summed E-state index contributed by atoms with van der Waals surface area (Å²) in [6, 6.07) is 3.51. The molecule has 26 heavy (non-hydrogen) atoms. The van der Waals surface area contributed by atoms with E-state index < -0.39 is 11.9 Å². The highest BCUT2D eigenvalue weighted by molar-refractivity contribution is 7.09. The van der Waals surface area contributed by atoms with Gasteiger partial charge in [-0.05, 0) is 12.1 Å². The Kier molecular flexibility index (Phi) is 5.42. The third kappa shape index (κ3) is 4.31. The number of ether oxygens (including phenoxy) is 1. The number of carbonyl (C=O) groups excluding carboxylic acids is 1. The number of halogens is 3. The van der Waals surface area contributed by atoms with E-state index in [1.54, 1.807) is 12.3 Å². The average molecular weight is 386 g/mol. The van der Waals surface area contributed by atoms with Crippen molar-refractivity contribution in [2.24, 2.45) is 0 Å². The molecule has 1 amide bonds. The zero-order valence-electron chi connectivity index (χ0n) is 14.0. The number of carbonyl (C=O) groups is 1. The second-order valence-corrected chi connectivity index (χ2v) is 6.73. The van der Waals surface area contributed by atoms with Crippen molar-refractivity contribution in [1.82, 2.24) is 14.9 Å². The summed E-state index contributed by atoms with van der Waals surface area (Å²) in [6.07, 6.45) is -2.93. The first-order chi connectivity index (χ1) is 12.3. The fourth-order valence-corrected chi connectivity index (χ4v) is 3.39. The molecule has 3 heterocycles. The quantitative estimate of drug-likeness (QED) is 0.809. The highest BCUT2D eigenvalue weighted by atomic mass is 32.1. The lowest BCUT2D eigenvalue weighted by molar-refractivity contribution is -0.140. The van der Waals surface area contributed by atoms with Crippen molar-refractivity contribution >= 4 is 22.9 Å². The molecule has 0 unspecified atom stereocenters. The number of morpholine rings is 1. The lowest BCUT2D eigenvalue weighted by atomic mass is 10.2. The molecule has 2 aromatic heterocycles. The zero-order chi connectivity index (χ0) is 18.7. The summed E-state index contributed by atoms with van der Waals surface area (Å²) in [5.74, 6) is -0.371. The molecule has 0 radical (unpaired) electrons. The number of alkyl halides is 3. The number of anilines is 1. The first-order valence-electron chi connectivity index (χ1n) is 7.90. The number of hydrogen-bond acceptors (Lipinski definition) is 6. The maximum atomic E-state index is 12.6. The van der Waals surface area contributed by atoms with Gasteiger partial charge in [0.25, 0.3) is 5.91 Å². The molecule has 0 spiro atoms. The van der Waals surface area contributed by atoms with E-state index in [0.29, 0.717) is 13.2 Å². The van der Waals surface area contributed by atoms with Crippen molar-refractivity contribution in [1.29, 1.82) is 0 Å². The number of rotatable bonds is 4. The number of amides is 1. The van der Waals surface area contributed by atoms with Gasteiger partial charge in [-0.2, -0.15) is 13.2 Å². The minimum Gasteiger partial charge on any atom is -0.378 e. The Labute approximate surface area is 152 Å². The number of aromatic nitrogens is 2. The van der Waals surface area contributed by atoms with Crippen LogP contribution >= 0.6 is 11.3 Å². The van der Waals surface area contributed by atoms with E-state index in [2.05, 4.69) is 14.9 Å². The summed E-state index contributed by atoms with van der Waals surface area (Å²) in [5, 5.41) is 1.17. The van der Waals surface area contributed by atoms with Gasteiger partial charge in [0.1, 0.15) is 10.7 Å². The second kappa shape index (κ2) is 7.58. The van der Waals surface area contributed by atoms with Gasteiger partial charge in [-0.15, -0.1) is 11.3 Å². The summed E-state index contributed by atoms with van der Waals surface area (Å²) in [7, 11) is 1.51. The molecule has 1 aliphatic rings. The Balaban J connectivity index is 1.69. The van der Waals surface area contributed by atoms with Crippen molar-refractivity contribution in [3.63, 3.8) is 0 Å². The normalized spacial score (nSPS) is 15.2. The maximum absolute atomic E-state index is 12.6. The minimum absolute atomic E-state index is 0.0109. The third-order valence-corrected chi connectivity index (χ3v) is 4.73. The predicted octanol–water partition coefficient (Wildman–Crippen LogP) is 2.67. The SMILES string of the molecule is CN(Cc1nc(C(F)(F)F)cs1)C(=O)c1cc(N2CCOCC2)ccn1. The molecule has 0 N–H and O–H groups in total. The maximum Gasteiger partial charge on any atom is 0.434 e. The van der Waals surface area contributed by atoms with Gasteiger partial charge in [0, 0.05) is 37.4 Å². The van der Waals surface area contributed by atoms with E-state index in [-0.39, 0.29) is 23.2 Å². The first-order valence-corrected chi connectivity index (χ1v) is 8.78. The van der Waals surface area contributed by atoms with Crippen molar-refractivity contribution in [3.8, 4) is 0 Å². The van der Waals surface area contributed by atoms with Crippen LogP contribution in [0.3, 0.4) is 0 Å². The molecule has 0 atom stereocenters. The van der Waals surface area contributed by atoms with Crippen LogP contribution in [-0.4, -0.2) is 54.1 Å². The van der Waals surface area contributed by atoms with Gasteiger partial charge in [-0.25, -0.2) is 4.98 Å². The van der Waals surface area contributed by atoms with Crippen molar-refractivity contribution in [2.45, 2.75) is 12.7 Å². The fraction of sp³-hybridized carbons (Fsp3) is 0.438. The molecule has 6 nitrogen and oxygen atoms in total. The molecule has 0 aromatic carbocycles. The van der Waals surface area contributed by atoms with E-state index in [9.17, 15) is 18.0 Å². The highest BCUT2D eigenvalue weighted by Crippen LogP contribution is 2.30. The summed E-state index contributed by atoms with van der Waals surface area (Å²) >= 11 is 0.876. The van der Waals surface area contributed by atoms with E-state index in [0.717, 1.165) is 35.5 Å². The Hall–Kier alpha value is -2.20. The van der Waals surface area contributed by atoms with Gasteiger partial charge in [-0.3, -0.25) is 9.78 Å². The van der Waals surface area contributed by atoms with E-state index >= 15 is 0 Å². The van der Waals surface area contributed by atoms with Crippen LogP contribution in [0.2, 0.25) is 0 Å². The predicted molar refractivity (Wildman–Crippen MR) is 90.2 cm³/mol. The molecule has 1 saturated heterocycles. The van der Waals surface area contributed by atoms with Crippen molar-refractivity contribution in [2.75, 3.05) is 38.3 Å². The zero-order valence-corrected chi connectivity index (χ0v) is 14.8. The molecular formula is C16H17F3N4O2S. The summed E-state index contributed by atoms with van der Waals surface area (Å²) < 4.78 is 43.2. The first kappa shape index (κ1) is 18.6. The second-order valence-electron chi connectivity index (χ2n) is 5.78. The number of thiazole rings is 1. The molecule has 0 saturated carbocycles. The molecule has 0 aliphatic carbocycles. The van der Waals surface area contributed by atoms with E-state index in [4.69, 9.17) is 4.74 Å². The van der Waals surface area contributed by atoms with Gasteiger partial charge < -0.3 is 14.5 Å². The van der Waals surface area contributed by atoms with Gasteiger partial charge in [0.15, 0.2) is 5.69 Å². The smallest absolute Gasteiger partial charge is 0.378 e. The summed E-state index contributed by atoms with van der Waals surface area (Å²) in [5.41, 5.74) is 0.170. The van der Waals surface area contributed by atoms with Gasteiger partial charge in [0.2, 0.25) is 0 Å². The van der Waals surface area contributed by atoms with Crippen LogP contribution in [0.25, 0.3) is 0 Å².